The molecule has 1 unspecified atom stereocenters. The molecule has 2 heterocycles. The van der Waals surface area contributed by atoms with Crippen LogP contribution in [0.15, 0.2) is 42.5 Å². The Labute approximate surface area is 145 Å². The van der Waals surface area contributed by atoms with Gasteiger partial charge >= 0.3 is 0 Å². The molecule has 2 aliphatic rings. The van der Waals surface area contributed by atoms with Crippen LogP contribution in [-0.4, -0.2) is 32.0 Å². The van der Waals surface area contributed by atoms with E-state index in [1.165, 1.54) is 0 Å². The third-order valence-corrected chi connectivity index (χ3v) is 4.22. The molecule has 1 amide bonds. The number of amides is 1. The number of hydrogen-bond donors (Lipinski definition) is 1. The van der Waals surface area contributed by atoms with Gasteiger partial charge in [0.2, 0.25) is 6.79 Å². The summed E-state index contributed by atoms with van der Waals surface area (Å²) in [5, 5.41) is 2.89. The van der Waals surface area contributed by atoms with Crippen LogP contribution in [0.4, 0.5) is 5.69 Å². The number of rotatable bonds is 5. The maximum Gasteiger partial charge on any atom is 0.255 e. The molecule has 2 aliphatic heterocycles. The Bertz CT molecular complexity index is 770. The Morgan fingerprint density at radius 1 is 1.16 bits per heavy atom. The molecule has 0 saturated carbocycles. The second kappa shape index (κ2) is 7.03. The van der Waals surface area contributed by atoms with Gasteiger partial charge in [-0.05, 0) is 43.2 Å². The lowest BCUT2D eigenvalue weighted by Crippen LogP contribution is -2.18. The van der Waals surface area contributed by atoms with Gasteiger partial charge in [0, 0.05) is 12.2 Å². The van der Waals surface area contributed by atoms with Gasteiger partial charge in [0.25, 0.3) is 5.91 Å². The Kier molecular flexibility index (Phi) is 4.43. The predicted octanol–water partition coefficient (Wildman–Crippen LogP) is 3.23. The first kappa shape index (κ1) is 15.8. The molecule has 0 bridgehead atoms. The highest BCUT2D eigenvalue weighted by Crippen LogP contribution is 2.33. The summed E-state index contributed by atoms with van der Waals surface area (Å²) in [5.74, 6) is 1.63. The van der Waals surface area contributed by atoms with Gasteiger partial charge in [-0.1, -0.05) is 12.1 Å². The molecule has 25 heavy (non-hydrogen) atoms. The van der Waals surface area contributed by atoms with Crippen LogP contribution >= 0.6 is 0 Å². The molecule has 130 valence electrons. The second-order valence-electron chi connectivity index (χ2n) is 5.96. The molecular weight excluding hydrogens is 322 g/mol. The van der Waals surface area contributed by atoms with E-state index < -0.39 is 0 Å². The van der Waals surface area contributed by atoms with Crippen LogP contribution in [0.2, 0.25) is 0 Å². The van der Waals surface area contributed by atoms with Crippen molar-refractivity contribution in [1.29, 1.82) is 0 Å². The van der Waals surface area contributed by atoms with Crippen molar-refractivity contribution >= 4 is 11.6 Å². The summed E-state index contributed by atoms with van der Waals surface area (Å²) < 4.78 is 22.0. The molecule has 2 aromatic rings. The highest BCUT2D eigenvalue weighted by molar-refractivity contribution is 6.05. The summed E-state index contributed by atoms with van der Waals surface area (Å²) in [4.78, 5) is 12.5. The Morgan fingerprint density at radius 2 is 2.04 bits per heavy atom. The lowest BCUT2D eigenvalue weighted by Gasteiger charge is -2.15. The maximum absolute atomic E-state index is 12.5. The molecule has 6 heteroatoms. The van der Waals surface area contributed by atoms with Crippen LogP contribution < -0.4 is 19.5 Å². The predicted molar refractivity (Wildman–Crippen MR) is 91.4 cm³/mol. The number of carbonyl (C=O) groups excluding carboxylic acids is 1. The molecule has 4 rings (SSSR count). The van der Waals surface area contributed by atoms with Crippen LogP contribution in [0.25, 0.3) is 0 Å². The van der Waals surface area contributed by atoms with Crippen molar-refractivity contribution in [2.24, 2.45) is 0 Å². The molecular formula is C19H19NO5. The van der Waals surface area contributed by atoms with E-state index in [2.05, 4.69) is 5.32 Å². The van der Waals surface area contributed by atoms with Gasteiger partial charge in [-0.3, -0.25) is 4.79 Å². The minimum Gasteiger partial charge on any atom is -0.489 e. The number of ether oxygens (including phenoxy) is 4. The zero-order valence-electron chi connectivity index (χ0n) is 13.7. The Balaban J connectivity index is 1.45. The Morgan fingerprint density at radius 3 is 2.92 bits per heavy atom. The van der Waals surface area contributed by atoms with E-state index in [0.717, 1.165) is 19.4 Å². The van der Waals surface area contributed by atoms with E-state index in [1.807, 2.05) is 24.3 Å². The van der Waals surface area contributed by atoms with Crippen molar-refractivity contribution in [2.75, 3.05) is 25.3 Å². The van der Waals surface area contributed by atoms with Crippen molar-refractivity contribution in [3.63, 3.8) is 0 Å². The SMILES string of the molecule is O=C(Nc1ccccc1OCC1CCCO1)c1ccc2c(c1)OCO2. The van der Waals surface area contributed by atoms with Gasteiger partial charge in [0.05, 0.1) is 11.8 Å². The molecule has 0 spiro atoms. The van der Waals surface area contributed by atoms with Crippen molar-refractivity contribution in [1.82, 2.24) is 0 Å². The highest BCUT2D eigenvalue weighted by Gasteiger charge is 2.19. The summed E-state index contributed by atoms with van der Waals surface area (Å²) >= 11 is 0. The highest BCUT2D eigenvalue weighted by atomic mass is 16.7. The van der Waals surface area contributed by atoms with Crippen LogP contribution in [0.1, 0.15) is 23.2 Å². The number of nitrogens with one attached hydrogen (secondary N) is 1. The molecule has 2 aromatic carbocycles. The number of hydrogen-bond acceptors (Lipinski definition) is 5. The van der Waals surface area contributed by atoms with Crippen molar-refractivity contribution in [3.8, 4) is 17.2 Å². The van der Waals surface area contributed by atoms with Gasteiger partial charge in [-0.25, -0.2) is 0 Å². The van der Waals surface area contributed by atoms with Crippen molar-refractivity contribution < 1.29 is 23.7 Å². The van der Waals surface area contributed by atoms with Gasteiger partial charge < -0.3 is 24.3 Å². The molecule has 1 fully saturated rings. The summed E-state index contributed by atoms with van der Waals surface area (Å²) in [7, 11) is 0. The quantitative estimate of drug-likeness (QED) is 0.904. The zero-order chi connectivity index (χ0) is 17.1. The number of fused-ring (bicyclic) bond motifs is 1. The fourth-order valence-electron chi connectivity index (χ4n) is 2.89. The first-order valence-corrected chi connectivity index (χ1v) is 8.34. The van der Waals surface area contributed by atoms with E-state index in [-0.39, 0.29) is 18.8 Å². The number of anilines is 1. The average Bonchev–Trinajstić information content (AvgIpc) is 3.31. The molecule has 0 radical (unpaired) electrons. The topological polar surface area (TPSA) is 66.0 Å². The molecule has 0 aromatic heterocycles. The van der Waals surface area contributed by atoms with Gasteiger partial charge in [-0.15, -0.1) is 0 Å². The van der Waals surface area contributed by atoms with Crippen molar-refractivity contribution in [2.45, 2.75) is 18.9 Å². The lowest BCUT2D eigenvalue weighted by atomic mass is 10.2. The van der Waals surface area contributed by atoms with E-state index >= 15 is 0 Å². The minimum absolute atomic E-state index is 0.123. The van der Waals surface area contributed by atoms with Crippen LogP contribution in [0.5, 0.6) is 17.2 Å². The average molecular weight is 341 g/mol. The first-order chi connectivity index (χ1) is 12.3. The first-order valence-electron chi connectivity index (χ1n) is 8.34. The van der Waals surface area contributed by atoms with Crippen LogP contribution in [-0.2, 0) is 4.74 Å². The normalized spacial score (nSPS) is 18.2. The molecule has 1 saturated heterocycles. The monoisotopic (exact) mass is 341 g/mol. The summed E-state index contributed by atoms with van der Waals surface area (Å²) in [6.45, 7) is 1.45. The third kappa shape index (κ3) is 3.53. The largest absolute Gasteiger partial charge is 0.489 e. The number of carbonyl (C=O) groups is 1. The number of benzene rings is 2. The molecule has 1 N–H and O–H groups in total. The summed E-state index contributed by atoms with van der Waals surface area (Å²) in [6.07, 6.45) is 2.19. The summed E-state index contributed by atoms with van der Waals surface area (Å²) in [5.41, 5.74) is 1.13. The van der Waals surface area contributed by atoms with Crippen LogP contribution in [0, 0.1) is 0 Å². The smallest absolute Gasteiger partial charge is 0.255 e. The maximum atomic E-state index is 12.5. The minimum atomic E-state index is -0.230. The lowest BCUT2D eigenvalue weighted by molar-refractivity contribution is 0.0682. The standard InChI is InChI=1S/C19H19NO5/c21-19(13-7-8-17-18(10-13)25-12-24-17)20-15-5-1-2-6-16(15)23-11-14-4-3-9-22-14/h1-2,5-8,10,14H,3-4,9,11-12H2,(H,20,21). The van der Waals surface area contributed by atoms with Crippen LogP contribution in [0.3, 0.4) is 0 Å². The molecule has 1 atom stereocenters. The van der Waals surface area contributed by atoms with Crippen molar-refractivity contribution in [3.05, 3.63) is 48.0 Å². The zero-order valence-corrected chi connectivity index (χ0v) is 13.7. The fraction of sp³-hybridized carbons (Fsp3) is 0.316. The van der Waals surface area contributed by atoms with E-state index in [9.17, 15) is 4.79 Å². The third-order valence-electron chi connectivity index (χ3n) is 4.22. The Hall–Kier alpha value is -2.73. The van der Waals surface area contributed by atoms with Gasteiger partial charge in [-0.2, -0.15) is 0 Å². The van der Waals surface area contributed by atoms with Gasteiger partial charge in [0.15, 0.2) is 11.5 Å². The molecule has 0 aliphatic carbocycles. The van der Waals surface area contributed by atoms with E-state index in [1.54, 1.807) is 18.2 Å². The second-order valence-corrected chi connectivity index (χ2v) is 5.96. The fourth-order valence-corrected chi connectivity index (χ4v) is 2.89. The van der Waals surface area contributed by atoms with Gasteiger partial charge in [0.1, 0.15) is 12.4 Å². The summed E-state index contributed by atoms with van der Waals surface area (Å²) in [6, 6.07) is 12.5. The molecule has 6 nitrogen and oxygen atoms in total. The van der Waals surface area contributed by atoms with E-state index in [0.29, 0.717) is 35.1 Å². The van der Waals surface area contributed by atoms with E-state index in [4.69, 9.17) is 18.9 Å². The number of para-hydroxylation sites is 2.